The van der Waals surface area contributed by atoms with E-state index in [1.807, 2.05) is 19.1 Å². The van der Waals surface area contributed by atoms with Crippen molar-refractivity contribution in [3.8, 4) is 0 Å². The molecule has 3 heteroatoms. The van der Waals surface area contributed by atoms with Gasteiger partial charge in [-0.15, -0.1) is 0 Å². The van der Waals surface area contributed by atoms with E-state index in [4.69, 9.17) is 0 Å². The van der Waals surface area contributed by atoms with Crippen LogP contribution in [0, 0.1) is 5.92 Å². The standard InChI is InChI=1S/C14H23N3/c1-8-15-14-13(11(4)5)12(10(2)3)9-17(14)16(6)7/h8-10H,1H2,2-7H3. The van der Waals surface area contributed by atoms with E-state index >= 15 is 0 Å². The van der Waals surface area contributed by atoms with Gasteiger partial charge in [-0.2, -0.15) is 0 Å². The molecule has 0 aliphatic carbocycles. The smallest absolute Gasteiger partial charge is 0.154 e. The summed E-state index contributed by atoms with van der Waals surface area (Å²) >= 11 is 0. The van der Waals surface area contributed by atoms with E-state index in [0.29, 0.717) is 5.92 Å². The first-order valence-corrected chi connectivity index (χ1v) is 5.95. The minimum Gasteiger partial charge on any atom is -0.264 e. The zero-order chi connectivity index (χ0) is 13.2. The molecular weight excluding hydrogens is 210 g/mol. The van der Waals surface area contributed by atoms with Crippen LogP contribution in [0.25, 0.3) is 0 Å². The molecule has 0 saturated carbocycles. The summed E-state index contributed by atoms with van der Waals surface area (Å²) in [7, 11) is 4.03. The molecule has 0 fully saturated rings. The summed E-state index contributed by atoms with van der Waals surface area (Å²) in [5.41, 5.74) is 3.86. The van der Waals surface area contributed by atoms with Gasteiger partial charge >= 0.3 is 0 Å². The highest BCUT2D eigenvalue weighted by molar-refractivity contribution is 6.06. The van der Waals surface area contributed by atoms with Crippen LogP contribution in [0.5, 0.6) is 0 Å². The molecule has 0 bridgehead atoms. The number of aliphatic imine (C=N–C) groups is 1. The van der Waals surface area contributed by atoms with Crippen LogP contribution in [0.4, 0.5) is 0 Å². The van der Waals surface area contributed by atoms with E-state index in [-0.39, 0.29) is 0 Å². The lowest BCUT2D eigenvalue weighted by atomic mass is 9.94. The SMILES string of the molecule is C=CN=C1C(=C(C)C)C(C(C)C)=CN1N(C)C. The lowest BCUT2D eigenvalue weighted by molar-refractivity contribution is 0.174. The Balaban J connectivity index is 3.35. The molecule has 0 spiro atoms. The van der Waals surface area contributed by atoms with Crippen LogP contribution in [0.3, 0.4) is 0 Å². The van der Waals surface area contributed by atoms with Crippen molar-refractivity contribution >= 4 is 5.84 Å². The van der Waals surface area contributed by atoms with Crippen LogP contribution >= 0.6 is 0 Å². The van der Waals surface area contributed by atoms with Gasteiger partial charge in [0.15, 0.2) is 5.84 Å². The fourth-order valence-electron chi connectivity index (χ4n) is 1.97. The molecule has 0 amide bonds. The second-order valence-electron chi connectivity index (χ2n) is 4.94. The van der Waals surface area contributed by atoms with Crippen molar-refractivity contribution in [2.75, 3.05) is 14.1 Å². The Kier molecular flexibility index (Phi) is 4.29. The number of hydrogen-bond donors (Lipinski definition) is 0. The summed E-state index contributed by atoms with van der Waals surface area (Å²) in [6.45, 7) is 12.4. The number of nitrogens with zero attached hydrogens (tertiary/aromatic N) is 3. The number of hydrogen-bond acceptors (Lipinski definition) is 2. The monoisotopic (exact) mass is 233 g/mol. The molecule has 17 heavy (non-hydrogen) atoms. The quantitative estimate of drug-likeness (QED) is 0.745. The lowest BCUT2D eigenvalue weighted by Crippen LogP contribution is -2.35. The van der Waals surface area contributed by atoms with Gasteiger partial charge in [0, 0.05) is 32.1 Å². The molecule has 1 rings (SSSR count). The molecule has 1 aliphatic heterocycles. The molecule has 0 unspecified atom stereocenters. The van der Waals surface area contributed by atoms with Gasteiger partial charge in [-0.05, 0) is 25.3 Å². The van der Waals surface area contributed by atoms with E-state index in [2.05, 4.69) is 50.5 Å². The van der Waals surface area contributed by atoms with Gasteiger partial charge in [-0.25, -0.2) is 10.0 Å². The molecule has 94 valence electrons. The van der Waals surface area contributed by atoms with Crippen LogP contribution < -0.4 is 0 Å². The van der Waals surface area contributed by atoms with Crippen LogP contribution in [0.2, 0.25) is 0 Å². The molecule has 1 aliphatic rings. The first kappa shape index (κ1) is 13.7. The third kappa shape index (κ3) is 2.67. The van der Waals surface area contributed by atoms with Gasteiger partial charge in [0.05, 0.1) is 0 Å². The van der Waals surface area contributed by atoms with Crippen LogP contribution in [0.1, 0.15) is 27.7 Å². The van der Waals surface area contributed by atoms with E-state index < -0.39 is 0 Å². The van der Waals surface area contributed by atoms with E-state index in [1.54, 1.807) is 6.20 Å². The maximum absolute atomic E-state index is 4.42. The fraction of sp³-hybridized carbons (Fsp3) is 0.500. The van der Waals surface area contributed by atoms with Crippen LogP contribution in [0.15, 0.2) is 40.7 Å². The fourth-order valence-corrected chi connectivity index (χ4v) is 1.97. The highest BCUT2D eigenvalue weighted by Gasteiger charge is 2.29. The average Bonchev–Trinajstić information content (AvgIpc) is 2.57. The third-order valence-electron chi connectivity index (χ3n) is 2.76. The predicted molar refractivity (Wildman–Crippen MR) is 74.5 cm³/mol. The molecule has 0 N–H and O–H groups in total. The zero-order valence-electron chi connectivity index (χ0n) is 11.8. The first-order chi connectivity index (χ1) is 7.90. The summed E-state index contributed by atoms with van der Waals surface area (Å²) < 4.78 is 0. The zero-order valence-corrected chi connectivity index (χ0v) is 11.8. The Morgan fingerprint density at radius 3 is 2.35 bits per heavy atom. The van der Waals surface area contributed by atoms with Gasteiger partial charge in [-0.1, -0.05) is 26.0 Å². The van der Waals surface area contributed by atoms with Gasteiger partial charge in [0.25, 0.3) is 0 Å². The normalized spacial score (nSPS) is 18.4. The molecule has 1 heterocycles. The Labute approximate surface area is 105 Å². The largest absolute Gasteiger partial charge is 0.264 e. The molecule has 0 atom stereocenters. The Morgan fingerprint density at radius 1 is 1.41 bits per heavy atom. The van der Waals surface area contributed by atoms with Gasteiger partial charge in [0.2, 0.25) is 0 Å². The van der Waals surface area contributed by atoms with E-state index in [1.165, 1.54) is 16.7 Å². The average molecular weight is 233 g/mol. The minimum atomic E-state index is 0.486. The van der Waals surface area contributed by atoms with Crippen LogP contribution in [-0.2, 0) is 0 Å². The molecule has 3 nitrogen and oxygen atoms in total. The second kappa shape index (κ2) is 5.32. The van der Waals surface area contributed by atoms with Crippen molar-refractivity contribution < 1.29 is 0 Å². The summed E-state index contributed by atoms with van der Waals surface area (Å²) in [5, 5.41) is 4.10. The molecule has 0 saturated heterocycles. The van der Waals surface area contributed by atoms with Crippen LogP contribution in [-0.4, -0.2) is 29.9 Å². The minimum absolute atomic E-state index is 0.486. The maximum Gasteiger partial charge on any atom is 0.154 e. The van der Waals surface area contributed by atoms with Crippen molar-refractivity contribution in [1.29, 1.82) is 0 Å². The predicted octanol–water partition coefficient (Wildman–Crippen LogP) is 3.20. The number of rotatable bonds is 3. The Morgan fingerprint density at radius 2 is 2.00 bits per heavy atom. The van der Waals surface area contributed by atoms with E-state index in [9.17, 15) is 0 Å². The van der Waals surface area contributed by atoms with Gasteiger partial charge in [-0.3, -0.25) is 5.01 Å². The van der Waals surface area contributed by atoms with Gasteiger partial charge < -0.3 is 0 Å². The van der Waals surface area contributed by atoms with Crippen molar-refractivity contribution in [1.82, 2.24) is 10.0 Å². The first-order valence-electron chi connectivity index (χ1n) is 5.95. The van der Waals surface area contributed by atoms with Crippen molar-refractivity contribution in [2.45, 2.75) is 27.7 Å². The lowest BCUT2D eigenvalue weighted by Gasteiger charge is -2.24. The maximum atomic E-state index is 4.42. The number of hydrazine groups is 1. The molecule has 0 radical (unpaired) electrons. The molecular formula is C14H23N3. The summed E-state index contributed by atoms with van der Waals surface area (Å²) in [6.07, 6.45) is 3.77. The third-order valence-corrected chi connectivity index (χ3v) is 2.76. The Hall–Kier alpha value is -1.35. The van der Waals surface area contributed by atoms with Gasteiger partial charge in [0.1, 0.15) is 0 Å². The highest BCUT2D eigenvalue weighted by atomic mass is 15.6. The Bertz CT molecular complexity index is 394. The summed E-state index contributed by atoms with van der Waals surface area (Å²) in [5.74, 6) is 1.45. The van der Waals surface area contributed by atoms with Crippen molar-refractivity contribution in [2.24, 2.45) is 10.9 Å². The van der Waals surface area contributed by atoms with Crippen molar-refractivity contribution in [3.05, 3.63) is 35.7 Å². The van der Waals surface area contributed by atoms with Crippen molar-refractivity contribution in [3.63, 3.8) is 0 Å². The molecule has 0 aromatic heterocycles. The number of allylic oxidation sites excluding steroid dienone is 1. The number of amidine groups is 1. The van der Waals surface area contributed by atoms with E-state index in [0.717, 1.165) is 5.84 Å². The second-order valence-corrected chi connectivity index (χ2v) is 4.94. The highest BCUT2D eigenvalue weighted by Crippen LogP contribution is 2.32. The summed E-state index contributed by atoms with van der Waals surface area (Å²) in [4.78, 5) is 4.42. The topological polar surface area (TPSA) is 18.8 Å². The summed E-state index contributed by atoms with van der Waals surface area (Å²) in [6, 6.07) is 0. The molecule has 0 aromatic carbocycles. The molecule has 0 aromatic rings.